The van der Waals surface area contributed by atoms with E-state index >= 15 is 0 Å². The molecule has 2 unspecified atom stereocenters. The Kier molecular flexibility index (Phi) is 10.2. The van der Waals surface area contributed by atoms with Crippen LogP contribution in [0.15, 0.2) is 91.0 Å². The minimum Gasteiger partial charge on any atom is -0.460 e. The molecular formula is C27H29NO4S. The molecule has 0 saturated heterocycles. The van der Waals surface area contributed by atoms with Crippen LogP contribution >= 0.6 is 11.8 Å². The first-order chi connectivity index (χ1) is 16.1. The van der Waals surface area contributed by atoms with E-state index in [0.717, 1.165) is 16.7 Å². The zero-order valence-electron chi connectivity index (χ0n) is 18.4. The fourth-order valence-electron chi connectivity index (χ4n) is 3.34. The smallest absolute Gasteiger partial charge is 0.320 e. The average molecular weight is 464 g/mol. The van der Waals surface area contributed by atoms with Crippen molar-refractivity contribution in [2.75, 3.05) is 12.3 Å². The SMILES string of the molecule is O=C(CNC(O)C(CSC(=O)Cc1ccccc1)Cc1ccccc1)OCc1ccccc1. The van der Waals surface area contributed by atoms with Gasteiger partial charge >= 0.3 is 5.97 Å². The van der Waals surface area contributed by atoms with Crippen LogP contribution in [0.25, 0.3) is 0 Å². The van der Waals surface area contributed by atoms with Crippen LogP contribution in [0, 0.1) is 5.92 Å². The Morgan fingerprint density at radius 1 is 0.818 bits per heavy atom. The van der Waals surface area contributed by atoms with E-state index in [2.05, 4.69) is 5.32 Å². The summed E-state index contributed by atoms with van der Waals surface area (Å²) in [5.41, 5.74) is 2.93. The molecule has 0 fully saturated rings. The van der Waals surface area contributed by atoms with E-state index in [1.165, 1.54) is 11.8 Å². The first-order valence-electron chi connectivity index (χ1n) is 10.9. The summed E-state index contributed by atoms with van der Waals surface area (Å²) in [6.45, 7) is 0.0800. The number of benzene rings is 3. The molecule has 0 radical (unpaired) electrons. The first-order valence-corrected chi connectivity index (χ1v) is 11.9. The number of aliphatic hydroxyl groups is 1. The Hall–Kier alpha value is -2.93. The molecule has 3 aromatic carbocycles. The number of aliphatic hydroxyl groups excluding tert-OH is 1. The highest BCUT2D eigenvalue weighted by Crippen LogP contribution is 2.19. The highest BCUT2D eigenvalue weighted by molar-refractivity contribution is 8.13. The van der Waals surface area contributed by atoms with Crippen LogP contribution in [-0.2, 0) is 33.8 Å². The summed E-state index contributed by atoms with van der Waals surface area (Å²) in [6.07, 6.45) is -0.0232. The largest absolute Gasteiger partial charge is 0.460 e. The van der Waals surface area contributed by atoms with Gasteiger partial charge in [-0.15, -0.1) is 0 Å². The van der Waals surface area contributed by atoms with Crippen molar-refractivity contribution in [3.8, 4) is 0 Å². The van der Waals surface area contributed by atoms with Gasteiger partial charge in [0.25, 0.3) is 0 Å². The average Bonchev–Trinajstić information content (AvgIpc) is 2.85. The standard InChI is InChI=1S/C27H29NO4S/c29-25(32-19-23-14-8-3-9-15-23)18-28-27(31)24(16-21-10-4-1-5-11-21)20-33-26(30)17-22-12-6-2-7-13-22/h1-15,24,27-28,31H,16-20H2. The molecule has 0 spiro atoms. The summed E-state index contributed by atoms with van der Waals surface area (Å²) in [5, 5.41) is 13.7. The van der Waals surface area contributed by atoms with Gasteiger partial charge in [-0.05, 0) is 23.1 Å². The molecule has 33 heavy (non-hydrogen) atoms. The highest BCUT2D eigenvalue weighted by atomic mass is 32.2. The van der Waals surface area contributed by atoms with Gasteiger partial charge in [-0.2, -0.15) is 0 Å². The fourth-order valence-corrected chi connectivity index (χ4v) is 4.30. The Morgan fingerprint density at radius 2 is 1.36 bits per heavy atom. The maximum Gasteiger partial charge on any atom is 0.320 e. The van der Waals surface area contributed by atoms with Crippen LogP contribution in [0.1, 0.15) is 16.7 Å². The summed E-state index contributed by atoms with van der Waals surface area (Å²) in [7, 11) is 0. The third-order valence-electron chi connectivity index (χ3n) is 5.14. The van der Waals surface area contributed by atoms with E-state index in [-0.39, 0.29) is 24.2 Å². The molecule has 0 aromatic heterocycles. The molecular weight excluding hydrogens is 434 g/mol. The molecule has 172 valence electrons. The maximum absolute atomic E-state index is 12.5. The van der Waals surface area contributed by atoms with Crippen molar-refractivity contribution in [2.24, 2.45) is 5.92 Å². The summed E-state index contributed by atoms with van der Waals surface area (Å²) < 4.78 is 5.27. The van der Waals surface area contributed by atoms with Gasteiger partial charge in [-0.25, -0.2) is 0 Å². The van der Waals surface area contributed by atoms with Crippen LogP contribution in [0.5, 0.6) is 0 Å². The Balaban J connectivity index is 1.51. The molecule has 2 atom stereocenters. The van der Waals surface area contributed by atoms with Crippen molar-refractivity contribution in [3.05, 3.63) is 108 Å². The zero-order chi connectivity index (χ0) is 23.3. The number of hydrogen-bond donors (Lipinski definition) is 2. The highest BCUT2D eigenvalue weighted by Gasteiger charge is 2.22. The third kappa shape index (κ3) is 9.22. The molecule has 0 aliphatic heterocycles. The monoisotopic (exact) mass is 463 g/mol. The summed E-state index contributed by atoms with van der Waals surface area (Å²) in [5.74, 6) is -0.253. The first kappa shape index (κ1) is 24.7. The lowest BCUT2D eigenvalue weighted by Crippen LogP contribution is -2.41. The van der Waals surface area contributed by atoms with Crippen LogP contribution in [0.4, 0.5) is 0 Å². The lowest BCUT2D eigenvalue weighted by molar-refractivity contribution is -0.144. The number of carbonyl (C=O) groups excluding carboxylic acids is 2. The Bertz CT molecular complexity index is 983. The van der Waals surface area contributed by atoms with Gasteiger partial charge in [0.05, 0.1) is 6.54 Å². The second-order valence-electron chi connectivity index (χ2n) is 7.77. The van der Waals surface area contributed by atoms with E-state index < -0.39 is 12.2 Å². The van der Waals surface area contributed by atoms with E-state index in [1.807, 2.05) is 91.0 Å². The second-order valence-corrected chi connectivity index (χ2v) is 8.84. The van der Waals surface area contributed by atoms with Crippen molar-refractivity contribution >= 4 is 22.8 Å². The molecule has 5 nitrogen and oxygen atoms in total. The van der Waals surface area contributed by atoms with E-state index in [9.17, 15) is 14.7 Å². The minimum atomic E-state index is -0.952. The molecule has 3 aromatic rings. The molecule has 0 bridgehead atoms. The molecule has 0 amide bonds. The Morgan fingerprint density at radius 3 is 1.97 bits per heavy atom. The van der Waals surface area contributed by atoms with Crippen LogP contribution in [-0.4, -0.2) is 34.7 Å². The van der Waals surface area contributed by atoms with E-state index in [1.54, 1.807) is 0 Å². The molecule has 0 heterocycles. The topological polar surface area (TPSA) is 75.6 Å². The van der Waals surface area contributed by atoms with Crippen molar-refractivity contribution in [3.63, 3.8) is 0 Å². The van der Waals surface area contributed by atoms with Gasteiger partial charge in [-0.1, -0.05) is 103 Å². The number of hydrogen-bond acceptors (Lipinski definition) is 6. The number of ether oxygens (including phenoxy) is 1. The minimum absolute atomic E-state index is 0.0498. The van der Waals surface area contributed by atoms with Crippen LogP contribution in [0.2, 0.25) is 0 Å². The van der Waals surface area contributed by atoms with Gasteiger partial charge in [0.1, 0.15) is 12.8 Å². The lowest BCUT2D eigenvalue weighted by atomic mass is 9.99. The van der Waals surface area contributed by atoms with Gasteiger partial charge < -0.3 is 9.84 Å². The van der Waals surface area contributed by atoms with Crippen LogP contribution in [0.3, 0.4) is 0 Å². The van der Waals surface area contributed by atoms with Crippen molar-refractivity contribution in [1.29, 1.82) is 0 Å². The second kappa shape index (κ2) is 13.6. The van der Waals surface area contributed by atoms with E-state index in [4.69, 9.17) is 4.74 Å². The number of esters is 1. The summed E-state index contributed by atoms with van der Waals surface area (Å²) >= 11 is 1.21. The summed E-state index contributed by atoms with van der Waals surface area (Å²) in [6, 6.07) is 28.9. The van der Waals surface area contributed by atoms with Gasteiger partial charge in [0.15, 0.2) is 5.12 Å². The van der Waals surface area contributed by atoms with Gasteiger partial charge in [0, 0.05) is 18.1 Å². The number of thioether (sulfide) groups is 1. The number of rotatable bonds is 12. The maximum atomic E-state index is 12.5. The third-order valence-corrected chi connectivity index (χ3v) is 6.20. The lowest BCUT2D eigenvalue weighted by Gasteiger charge is -2.23. The predicted octanol–water partition coefficient (Wildman–Crippen LogP) is 4.00. The fraction of sp³-hybridized carbons (Fsp3) is 0.259. The Labute approximate surface area is 199 Å². The molecule has 0 aliphatic rings. The van der Waals surface area contributed by atoms with Crippen molar-refractivity contribution in [1.82, 2.24) is 5.32 Å². The summed E-state index contributed by atoms with van der Waals surface area (Å²) in [4.78, 5) is 24.6. The molecule has 0 aliphatic carbocycles. The van der Waals surface area contributed by atoms with Gasteiger partial charge in [0.2, 0.25) is 0 Å². The quantitative estimate of drug-likeness (QED) is 0.312. The molecule has 0 saturated carbocycles. The van der Waals surface area contributed by atoms with Crippen molar-refractivity contribution in [2.45, 2.75) is 25.7 Å². The number of carbonyl (C=O) groups is 2. The zero-order valence-corrected chi connectivity index (χ0v) is 19.2. The molecule has 6 heteroatoms. The van der Waals surface area contributed by atoms with Crippen molar-refractivity contribution < 1.29 is 19.4 Å². The predicted molar refractivity (Wildman–Crippen MR) is 131 cm³/mol. The van der Waals surface area contributed by atoms with Crippen LogP contribution < -0.4 is 5.32 Å². The van der Waals surface area contributed by atoms with Gasteiger partial charge in [-0.3, -0.25) is 14.9 Å². The molecule has 2 N–H and O–H groups in total. The van der Waals surface area contributed by atoms with E-state index in [0.29, 0.717) is 18.6 Å². The molecule has 3 rings (SSSR count). The normalized spacial score (nSPS) is 12.6. The number of nitrogens with one attached hydrogen (secondary N) is 1.